The third kappa shape index (κ3) is 7.97. The third-order valence-electron chi connectivity index (χ3n) is 2.98. The normalized spacial score (nSPS) is 8.86. The third-order valence-corrected chi connectivity index (χ3v) is 2.98. The van der Waals surface area contributed by atoms with Crippen LogP contribution in [0.25, 0.3) is 0 Å². The average molecular weight is 253 g/mol. The molecule has 85 valence electrons. The lowest BCUT2D eigenvalue weighted by Gasteiger charge is -2.25. The van der Waals surface area contributed by atoms with Gasteiger partial charge < -0.3 is 0 Å². The zero-order chi connectivity index (χ0) is 16.6. The highest BCUT2D eigenvalue weighted by Gasteiger charge is 2.26. The van der Waals surface area contributed by atoms with Crippen LogP contribution in [0.5, 0.6) is 0 Å². The van der Waals surface area contributed by atoms with Crippen LogP contribution in [0.1, 0.15) is 22.8 Å². The van der Waals surface area contributed by atoms with Gasteiger partial charge >= 0.3 is 0 Å². The van der Waals surface area contributed by atoms with Crippen molar-refractivity contribution in [2.45, 2.75) is 13.8 Å². The fourth-order valence-electron chi connectivity index (χ4n) is 1.76. The number of Topliss-reactive ketones (excluding diaryl/α,β-unsaturated/α-hetero) is 1. The second-order valence-electron chi connectivity index (χ2n) is 4.93. The van der Waals surface area contributed by atoms with E-state index in [1.165, 1.54) is 7.06 Å². The highest BCUT2D eigenvalue weighted by atomic mass is 16.1. The summed E-state index contributed by atoms with van der Waals surface area (Å²) in [6.07, 6.45) is -2.15. The van der Waals surface area contributed by atoms with Crippen LogP contribution in [0.3, 0.4) is 0 Å². The molecule has 13 radical (unpaired) electrons. The average Bonchev–Trinajstić information content (AvgIpc) is 2.38. The van der Waals surface area contributed by atoms with Crippen LogP contribution in [0.15, 0.2) is 24.3 Å². The Kier molecular flexibility index (Phi) is 10.2. The van der Waals surface area contributed by atoms with Gasteiger partial charge in [-0.25, -0.2) is 0 Å². The summed E-state index contributed by atoms with van der Waals surface area (Å²) < 4.78 is 0. The molecular weight excluding hydrogens is 243 g/mol. The molecule has 1 aromatic rings. The van der Waals surface area contributed by atoms with Crippen LogP contribution in [-0.2, 0) is 0 Å². The van der Waals surface area contributed by atoms with Crippen molar-refractivity contribution in [1.82, 2.24) is 0 Å². The van der Waals surface area contributed by atoms with Crippen LogP contribution in [0, 0.1) is 6.92 Å². The SMILES string of the molecule is CC(=O)c1cccc(C)c1.[B][B]B([B])B(B([B])[B])B([B])[B]. The van der Waals surface area contributed by atoms with Gasteiger partial charge in [-0.15, -0.1) is 0 Å². The summed E-state index contributed by atoms with van der Waals surface area (Å²) in [6.45, 7) is 3.56. The first kappa shape index (κ1) is 20.6. The van der Waals surface area contributed by atoms with Gasteiger partial charge in [0.05, 0.1) is 0 Å². The molecule has 12 heteroatoms. The van der Waals surface area contributed by atoms with Gasteiger partial charge in [-0.1, -0.05) is 23.8 Å². The maximum atomic E-state index is 10.8. The molecule has 1 rings (SSSR count). The van der Waals surface area contributed by atoms with Crippen molar-refractivity contribution < 1.29 is 4.79 Å². The molecule has 21 heavy (non-hydrogen) atoms. The molecule has 0 unspecified atom stereocenters. The quantitative estimate of drug-likeness (QED) is 0.438. The number of hydrogen-bond donors (Lipinski definition) is 0. The Bertz CT molecular complexity index is 429. The van der Waals surface area contributed by atoms with Crippen LogP contribution >= 0.6 is 0 Å². The molecule has 0 bridgehead atoms. The van der Waals surface area contributed by atoms with E-state index in [9.17, 15) is 4.79 Å². The molecule has 0 heterocycles. The fourth-order valence-corrected chi connectivity index (χ4v) is 1.76. The van der Waals surface area contributed by atoms with Gasteiger partial charge in [0.15, 0.2) is 5.78 Å². The number of carbonyl (C=O) groups is 1. The minimum atomic E-state index is -0.648. The summed E-state index contributed by atoms with van der Waals surface area (Å²) in [4.78, 5) is 10.8. The lowest BCUT2D eigenvalue weighted by atomic mass is 8.56. The topological polar surface area (TPSA) is 17.1 Å². The number of aryl methyl sites for hydroxylation is 1. The Morgan fingerprint density at radius 2 is 1.62 bits per heavy atom. The Hall–Kier alpha value is -0.396. The summed E-state index contributed by atoms with van der Waals surface area (Å²) in [7, 11) is 33.5. The van der Waals surface area contributed by atoms with Crippen molar-refractivity contribution in [3.63, 3.8) is 0 Å². The predicted octanol–water partition coefficient (Wildman–Crippen LogP) is -1.99. The van der Waals surface area contributed by atoms with E-state index in [0.717, 1.165) is 11.1 Å². The first-order valence-electron chi connectivity index (χ1n) is 6.61. The lowest BCUT2D eigenvalue weighted by molar-refractivity contribution is 0.101. The molecule has 0 N–H and O–H groups in total. The number of carbonyl (C=O) groups excluding carboxylic acids is 1. The first-order chi connectivity index (χ1) is 9.70. The maximum absolute atomic E-state index is 10.8. The second kappa shape index (κ2) is 10.4. The van der Waals surface area contributed by atoms with Gasteiger partial charge in [-0.3, -0.25) is 4.79 Å². The number of rotatable bonds is 5. The fraction of sp³-hybridized carbons (Fsp3) is 0.222. The molecule has 0 aliphatic rings. The molecule has 0 fully saturated rings. The summed E-state index contributed by atoms with van der Waals surface area (Å²) >= 11 is 0. The summed E-state index contributed by atoms with van der Waals surface area (Å²) in [5, 5.41) is 0. The van der Waals surface area contributed by atoms with Crippen LogP contribution in [-0.4, -0.2) is 84.8 Å². The van der Waals surface area contributed by atoms with Crippen molar-refractivity contribution in [3.05, 3.63) is 35.4 Å². The van der Waals surface area contributed by atoms with Gasteiger partial charge in [0.25, 0.3) is 0 Å². The molecule has 0 aliphatic carbocycles. The molecule has 0 spiro atoms. The van der Waals surface area contributed by atoms with E-state index in [1.54, 1.807) is 6.92 Å². The van der Waals surface area contributed by atoms with Crippen LogP contribution < -0.4 is 0 Å². The zero-order valence-electron chi connectivity index (χ0n) is 12.6. The Morgan fingerprint density at radius 1 is 1.10 bits per heavy atom. The van der Waals surface area contributed by atoms with Gasteiger partial charge in [-0.2, -0.15) is 0 Å². The smallest absolute Gasteiger partial charge is 0.159 e. The lowest BCUT2D eigenvalue weighted by Crippen LogP contribution is -2.63. The molecule has 0 aliphatic heterocycles. The van der Waals surface area contributed by atoms with Gasteiger partial charge in [0, 0.05) is 84.6 Å². The van der Waals surface area contributed by atoms with Crippen molar-refractivity contribution >= 4 is 84.8 Å². The van der Waals surface area contributed by atoms with E-state index in [2.05, 4.69) is 0 Å². The zero-order valence-corrected chi connectivity index (χ0v) is 12.6. The predicted molar refractivity (Wildman–Crippen MR) is 104 cm³/mol. The highest BCUT2D eigenvalue weighted by molar-refractivity contribution is 8.01. The maximum Gasteiger partial charge on any atom is 0.159 e. The molecule has 0 saturated heterocycles. The van der Waals surface area contributed by atoms with Crippen LogP contribution in [0.2, 0.25) is 0 Å². The van der Waals surface area contributed by atoms with Crippen molar-refractivity contribution in [2.24, 2.45) is 0 Å². The first-order valence-corrected chi connectivity index (χ1v) is 6.61. The number of hydrogen-bond acceptors (Lipinski definition) is 1. The van der Waals surface area contributed by atoms with Gasteiger partial charge in [0.2, 0.25) is 0 Å². The number of benzene rings is 1. The summed E-state index contributed by atoms with van der Waals surface area (Å²) in [5.41, 5.74) is 1.92. The molecular formula is C9H10B11O. The second-order valence-corrected chi connectivity index (χ2v) is 4.93. The van der Waals surface area contributed by atoms with E-state index in [-0.39, 0.29) is 12.2 Å². The molecule has 0 amide bonds. The molecule has 0 aromatic heterocycles. The molecule has 1 aromatic carbocycles. The van der Waals surface area contributed by atoms with Crippen LogP contribution in [0.4, 0.5) is 0 Å². The van der Waals surface area contributed by atoms with Crippen molar-refractivity contribution in [2.75, 3.05) is 0 Å². The minimum Gasteiger partial charge on any atom is -0.295 e. The Balaban J connectivity index is 0.000000382. The standard InChI is InChI=1S/C9H10O.B11/c1-7-4-3-5-9(6-7)8(2)10;1-7-10(6)11(8(2)3)9(4)5/h3-6H,1-2H3;. The van der Waals surface area contributed by atoms with Gasteiger partial charge in [-0.05, 0) is 19.9 Å². The van der Waals surface area contributed by atoms with E-state index in [1.807, 2.05) is 31.2 Å². The monoisotopic (exact) mass is 255 g/mol. The minimum absolute atomic E-state index is 0.128. The van der Waals surface area contributed by atoms with E-state index in [4.69, 9.17) is 46.4 Å². The molecule has 0 saturated carbocycles. The Morgan fingerprint density at radius 3 is 1.86 bits per heavy atom. The summed E-state index contributed by atoms with van der Waals surface area (Å²) in [5.74, 6) is 0.128. The van der Waals surface area contributed by atoms with E-state index >= 15 is 0 Å². The van der Waals surface area contributed by atoms with Crippen molar-refractivity contribution in [3.8, 4) is 0 Å². The molecule has 1 nitrogen and oxygen atoms in total. The summed E-state index contributed by atoms with van der Waals surface area (Å²) in [6, 6.07) is 7.59. The van der Waals surface area contributed by atoms with E-state index < -0.39 is 19.2 Å². The highest BCUT2D eigenvalue weighted by Crippen LogP contribution is 2.03. The largest absolute Gasteiger partial charge is 0.295 e. The Labute approximate surface area is 139 Å². The van der Waals surface area contributed by atoms with Crippen molar-refractivity contribution in [1.29, 1.82) is 0 Å². The molecule has 0 atom stereocenters. The number of ketones is 1. The van der Waals surface area contributed by atoms with E-state index in [0.29, 0.717) is 0 Å². The van der Waals surface area contributed by atoms with Gasteiger partial charge in [0.1, 0.15) is 0 Å².